The molecule has 0 spiro atoms. The number of rotatable bonds is 42. The van der Waals surface area contributed by atoms with Gasteiger partial charge in [0.15, 0.2) is 6.10 Å². The number of carbonyl (C=O) groups excluding carboxylic acids is 3. The lowest BCUT2D eigenvalue weighted by Crippen LogP contribution is -2.30. The van der Waals surface area contributed by atoms with Crippen molar-refractivity contribution in [3.63, 3.8) is 0 Å². The summed E-state index contributed by atoms with van der Waals surface area (Å²) in [5.74, 6) is -0.991. The topological polar surface area (TPSA) is 78.9 Å². The van der Waals surface area contributed by atoms with E-state index in [1.165, 1.54) is 116 Å². The van der Waals surface area contributed by atoms with Crippen LogP contribution < -0.4 is 0 Å². The van der Waals surface area contributed by atoms with E-state index in [0.29, 0.717) is 19.3 Å². The molecule has 0 N–H and O–H groups in total. The quantitative estimate of drug-likeness (QED) is 0.0264. The Bertz CT molecular complexity index is 1170. The van der Waals surface area contributed by atoms with Gasteiger partial charge in [-0.2, -0.15) is 0 Å². The second kappa shape index (κ2) is 47.3. The molecule has 0 aliphatic rings. The number of unbranched alkanes of at least 4 members (excludes halogenated alkanes) is 22. The summed E-state index contributed by atoms with van der Waals surface area (Å²) in [6, 6.07) is 0. The van der Waals surface area contributed by atoms with E-state index in [4.69, 9.17) is 14.2 Å². The van der Waals surface area contributed by atoms with E-state index >= 15 is 0 Å². The molecule has 0 rings (SSSR count). The molecule has 336 valence electrons. The Balaban J connectivity index is 4.40. The van der Waals surface area contributed by atoms with Gasteiger partial charge in [0.1, 0.15) is 13.2 Å². The van der Waals surface area contributed by atoms with Crippen LogP contribution in [-0.4, -0.2) is 37.2 Å². The molecule has 0 aromatic rings. The zero-order valence-electron chi connectivity index (χ0n) is 38.2. The van der Waals surface area contributed by atoms with Gasteiger partial charge in [-0.25, -0.2) is 0 Å². The summed E-state index contributed by atoms with van der Waals surface area (Å²) in [6.07, 6.45) is 60.1. The van der Waals surface area contributed by atoms with Gasteiger partial charge in [0.05, 0.1) is 0 Å². The van der Waals surface area contributed by atoms with Gasteiger partial charge in [0.2, 0.25) is 0 Å². The van der Waals surface area contributed by atoms with Gasteiger partial charge in [-0.1, -0.05) is 221 Å². The van der Waals surface area contributed by atoms with Crippen molar-refractivity contribution in [2.45, 2.75) is 219 Å². The van der Waals surface area contributed by atoms with Gasteiger partial charge in [-0.3, -0.25) is 14.4 Å². The van der Waals surface area contributed by atoms with E-state index in [0.717, 1.165) is 51.4 Å². The van der Waals surface area contributed by atoms with Gasteiger partial charge in [0, 0.05) is 19.3 Å². The van der Waals surface area contributed by atoms with Crippen molar-refractivity contribution in [1.82, 2.24) is 0 Å². The third kappa shape index (κ3) is 45.5. The normalized spacial score (nSPS) is 12.8. The Kier molecular flexibility index (Phi) is 44.5. The van der Waals surface area contributed by atoms with Crippen LogP contribution in [0, 0.1) is 0 Å². The van der Waals surface area contributed by atoms with E-state index in [-0.39, 0.29) is 37.5 Å². The number of hydrogen-bond acceptors (Lipinski definition) is 6. The predicted octanol–water partition coefficient (Wildman–Crippen LogP) is 15.6. The van der Waals surface area contributed by atoms with Crippen molar-refractivity contribution in [3.8, 4) is 0 Å². The molecule has 0 aliphatic carbocycles. The second-order valence-electron chi connectivity index (χ2n) is 15.8. The van der Waals surface area contributed by atoms with Crippen molar-refractivity contribution in [3.05, 3.63) is 85.1 Å². The fraction of sp³-hybridized carbons (Fsp3) is 0.679. The highest BCUT2D eigenvalue weighted by Crippen LogP contribution is 2.14. The first-order chi connectivity index (χ1) is 29.0. The third-order valence-corrected chi connectivity index (χ3v) is 10.0. The highest BCUT2D eigenvalue weighted by Gasteiger charge is 2.19. The molecule has 0 saturated carbocycles. The van der Waals surface area contributed by atoms with E-state index in [1.807, 2.05) is 54.7 Å². The van der Waals surface area contributed by atoms with Crippen LogP contribution in [0.5, 0.6) is 0 Å². The fourth-order valence-electron chi connectivity index (χ4n) is 6.40. The molecule has 0 amide bonds. The lowest BCUT2D eigenvalue weighted by Gasteiger charge is -2.18. The first kappa shape index (κ1) is 55.6. The average Bonchev–Trinajstić information content (AvgIpc) is 3.23. The van der Waals surface area contributed by atoms with Gasteiger partial charge >= 0.3 is 17.9 Å². The molecule has 6 heteroatoms. The largest absolute Gasteiger partial charge is 0.462 e. The highest BCUT2D eigenvalue weighted by molar-refractivity contribution is 5.71. The first-order valence-corrected chi connectivity index (χ1v) is 24.2. The van der Waals surface area contributed by atoms with Crippen molar-refractivity contribution >= 4 is 17.9 Å². The van der Waals surface area contributed by atoms with Crippen LogP contribution in [0.1, 0.15) is 213 Å². The van der Waals surface area contributed by atoms with Gasteiger partial charge in [0.25, 0.3) is 0 Å². The molecule has 0 bridgehead atoms. The maximum atomic E-state index is 12.7. The lowest BCUT2D eigenvalue weighted by molar-refractivity contribution is -0.167. The summed E-state index contributed by atoms with van der Waals surface area (Å²) in [7, 11) is 0. The van der Waals surface area contributed by atoms with Crippen LogP contribution in [0.25, 0.3) is 0 Å². The van der Waals surface area contributed by atoms with Gasteiger partial charge in [-0.05, 0) is 57.8 Å². The van der Waals surface area contributed by atoms with E-state index < -0.39 is 6.10 Å². The van der Waals surface area contributed by atoms with E-state index in [2.05, 4.69) is 51.2 Å². The Morgan fingerprint density at radius 2 is 0.678 bits per heavy atom. The first-order valence-electron chi connectivity index (χ1n) is 24.2. The second-order valence-corrected chi connectivity index (χ2v) is 15.8. The molecule has 0 radical (unpaired) electrons. The summed E-state index contributed by atoms with van der Waals surface area (Å²) in [5.41, 5.74) is 0. The van der Waals surface area contributed by atoms with Crippen LogP contribution in [0.4, 0.5) is 0 Å². The van der Waals surface area contributed by atoms with Crippen molar-refractivity contribution in [1.29, 1.82) is 0 Å². The molecule has 59 heavy (non-hydrogen) atoms. The number of hydrogen-bond donors (Lipinski definition) is 0. The zero-order chi connectivity index (χ0) is 43.0. The minimum Gasteiger partial charge on any atom is -0.462 e. The number of carbonyl (C=O) groups is 3. The smallest absolute Gasteiger partial charge is 0.306 e. The molecule has 0 heterocycles. The molecule has 0 aromatic heterocycles. The maximum Gasteiger partial charge on any atom is 0.306 e. The van der Waals surface area contributed by atoms with Crippen LogP contribution in [-0.2, 0) is 28.6 Å². The zero-order valence-corrected chi connectivity index (χ0v) is 38.2. The Hall–Kier alpha value is -3.41. The molecule has 0 aromatic carbocycles. The Labute approximate surface area is 363 Å². The Morgan fingerprint density at radius 3 is 1.14 bits per heavy atom. The molecule has 0 fully saturated rings. The highest BCUT2D eigenvalue weighted by atomic mass is 16.6. The van der Waals surface area contributed by atoms with Gasteiger partial charge in [-0.15, -0.1) is 0 Å². The van der Waals surface area contributed by atoms with E-state index in [1.54, 1.807) is 0 Å². The number of esters is 3. The van der Waals surface area contributed by atoms with Crippen LogP contribution in [0.15, 0.2) is 85.1 Å². The summed E-state index contributed by atoms with van der Waals surface area (Å²) in [5, 5.41) is 0. The number of ether oxygens (including phenoxy) is 3. The summed E-state index contributed by atoms with van der Waals surface area (Å²) < 4.78 is 16.6. The molecule has 0 aliphatic heterocycles. The minimum absolute atomic E-state index is 0.106. The lowest BCUT2D eigenvalue weighted by atomic mass is 10.1. The molecular weight excluding hydrogens is 733 g/mol. The molecule has 0 saturated heterocycles. The maximum absolute atomic E-state index is 12.7. The molecule has 1 atom stereocenters. The van der Waals surface area contributed by atoms with E-state index in [9.17, 15) is 14.4 Å². The van der Waals surface area contributed by atoms with Crippen molar-refractivity contribution < 1.29 is 28.6 Å². The number of allylic oxidation sites excluding steroid dienone is 14. The molecule has 1 unspecified atom stereocenters. The van der Waals surface area contributed by atoms with Crippen LogP contribution in [0.2, 0.25) is 0 Å². The predicted molar refractivity (Wildman–Crippen MR) is 251 cm³/mol. The van der Waals surface area contributed by atoms with Crippen LogP contribution >= 0.6 is 0 Å². The fourth-order valence-corrected chi connectivity index (χ4v) is 6.40. The van der Waals surface area contributed by atoms with Crippen LogP contribution in [0.3, 0.4) is 0 Å². The standard InChI is InChI=1S/C53H88O6/c1-4-7-10-13-16-19-21-23-24-25-26-27-28-30-31-34-37-40-43-46-52(55)58-49-50(48-57-51(54)45-42-39-36-33-18-15-12-9-6-3)59-53(56)47-44-41-38-35-32-29-22-20-17-14-11-8-5-2/h8,11,14,16-17,19-23,29,32,35,38,50H,4-7,9-10,12-13,15,18,24-28,30-31,33-34,36-37,39-49H2,1-3H3/b11-8-,17-14-,19-16-,22-20-,23-21-,32-29-,38-35-. The van der Waals surface area contributed by atoms with Crippen molar-refractivity contribution in [2.24, 2.45) is 0 Å². The SMILES string of the molecule is CC\C=C/C=C\C=C/C=C\C=C/CCCC(=O)OC(COC(=O)CCCCCCCCCCC)COC(=O)CCCCCCCCCCCC/C=C\C=C/CCCCC. The summed E-state index contributed by atoms with van der Waals surface area (Å²) >= 11 is 0. The summed E-state index contributed by atoms with van der Waals surface area (Å²) in [6.45, 7) is 6.37. The third-order valence-electron chi connectivity index (χ3n) is 10.0. The Morgan fingerprint density at radius 1 is 0.356 bits per heavy atom. The molecular formula is C53H88O6. The minimum atomic E-state index is -0.811. The van der Waals surface area contributed by atoms with Gasteiger partial charge < -0.3 is 14.2 Å². The van der Waals surface area contributed by atoms with Crippen molar-refractivity contribution in [2.75, 3.05) is 13.2 Å². The average molecular weight is 821 g/mol. The molecule has 6 nitrogen and oxygen atoms in total. The monoisotopic (exact) mass is 821 g/mol. The summed E-state index contributed by atoms with van der Waals surface area (Å²) in [4.78, 5) is 37.7.